The van der Waals surface area contributed by atoms with Crippen LogP contribution >= 0.6 is 11.3 Å². The first-order chi connectivity index (χ1) is 17.7. The molecule has 0 unspecified atom stereocenters. The molecular weight excluding hydrogens is 468 g/mol. The molecule has 4 heterocycles. The summed E-state index contributed by atoms with van der Waals surface area (Å²) in [4.78, 5) is 22.9. The first kappa shape index (κ1) is 21.1. The van der Waals surface area contributed by atoms with Crippen LogP contribution in [-0.4, -0.2) is 19.7 Å². The number of nitrogens with one attached hydrogen (secondary N) is 1. The highest BCUT2D eigenvalue weighted by molar-refractivity contribution is 7.18. The van der Waals surface area contributed by atoms with Gasteiger partial charge in [0.25, 0.3) is 5.56 Å². The Balaban J connectivity index is 1.33. The van der Waals surface area contributed by atoms with Crippen molar-refractivity contribution in [1.29, 1.82) is 0 Å². The summed E-state index contributed by atoms with van der Waals surface area (Å²) >= 11 is 1.66. The maximum atomic E-state index is 13.0. The van der Waals surface area contributed by atoms with E-state index in [1.54, 1.807) is 11.3 Å². The zero-order valence-electron chi connectivity index (χ0n) is 19.4. The SMILES string of the molecule is O=c1[nH]c(C=Cc2cn(-c3ccccc3)nc2-c2cc3ccccc3o2)nc2sc3c(c12)CCCC3. The van der Waals surface area contributed by atoms with Crippen molar-refractivity contribution < 1.29 is 4.42 Å². The molecule has 0 radical (unpaired) electrons. The molecule has 0 fully saturated rings. The van der Waals surface area contributed by atoms with E-state index in [9.17, 15) is 4.79 Å². The van der Waals surface area contributed by atoms with E-state index in [4.69, 9.17) is 14.5 Å². The van der Waals surface area contributed by atoms with E-state index in [0.29, 0.717) is 11.6 Å². The Morgan fingerprint density at radius 2 is 1.83 bits per heavy atom. The Bertz CT molecular complexity index is 1790. The number of aromatic amines is 1. The summed E-state index contributed by atoms with van der Waals surface area (Å²) in [5.41, 5.74) is 4.49. The number of nitrogens with zero attached hydrogens (tertiary/aromatic N) is 3. The summed E-state index contributed by atoms with van der Waals surface area (Å²) in [7, 11) is 0. The van der Waals surface area contributed by atoms with Gasteiger partial charge in [-0.1, -0.05) is 36.4 Å². The topological polar surface area (TPSA) is 76.7 Å². The van der Waals surface area contributed by atoms with E-state index in [1.165, 1.54) is 16.9 Å². The molecule has 6 nitrogen and oxygen atoms in total. The minimum absolute atomic E-state index is 0.0588. The van der Waals surface area contributed by atoms with Gasteiger partial charge in [0.15, 0.2) is 5.76 Å². The Labute approximate surface area is 210 Å². The van der Waals surface area contributed by atoms with Gasteiger partial charge in [-0.2, -0.15) is 5.10 Å². The number of furan rings is 1. The number of rotatable bonds is 4. The van der Waals surface area contributed by atoms with Gasteiger partial charge in [0.2, 0.25) is 0 Å². The lowest BCUT2D eigenvalue weighted by molar-refractivity contribution is 0.627. The van der Waals surface area contributed by atoms with Gasteiger partial charge in [-0.05, 0) is 67.7 Å². The number of fused-ring (bicyclic) bond motifs is 4. The maximum absolute atomic E-state index is 13.0. The Morgan fingerprint density at radius 3 is 2.72 bits per heavy atom. The van der Waals surface area contributed by atoms with Crippen LogP contribution in [0.2, 0.25) is 0 Å². The molecule has 0 saturated carbocycles. The molecule has 7 rings (SSSR count). The molecule has 6 aromatic rings. The molecule has 0 bridgehead atoms. The number of hydrogen-bond acceptors (Lipinski definition) is 5. The number of H-pyrrole nitrogens is 1. The van der Waals surface area contributed by atoms with Crippen molar-refractivity contribution in [2.24, 2.45) is 0 Å². The van der Waals surface area contributed by atoms with E-state index < -0.39 is 0 Å². The van der Waals surface area contributed by atoms with Gasteiger partial charge in [0, 0.05) is 22.0 Å². The van der Waals surface area contributed by atoms with Crippen molar-refractivity contribution >= 4 is 44.7 Å². The number of thiophene rings is 1. The van der Waals surface area contributed by atoms with Gasteiger partial charge in [-0.15, -0.1) is 11.3 Å². The first-order valence-electron chi connectivity index (χ1n) is 12.1. The second-order valence-electron chi connectivity index (χ2n) is 9.04. The highest BCUT2D eigenvalue weighted by Crippen LogP contribution is 2.34. The molecule has 0 saturated heterocycles. The fourth-order valence-corrected chi connectivity index (χ4v) is 6.21. The van der Waals surface area contributed by atoms with Crippen molar-refractivity contribution in [2.45, 2.75) is 25.7 Å². The van der Waals surface area contributed by atoms with Crippen molar-refractivity contribution in [3.63, 3.8) is 0 Å². The molecule has 1 N–H and O–H groups in total. The summed E-state index contributed by atoms with van der Waals surface area (Å²) < 4.78 is 7.98. The van der Waals surface area contributed by atoms with E-state index in [-0.39, 0.29) is 5.56 Å². The van der Waals surface area contributed by atoms with Crippen LogP contribution in [0, 0.1) is 0 Å². The molecular formula is C29H22N4O2S. The lowest BCUT2D eigenvalue weighted by Crippen LogP contribution is -2.11. The predicted molar refractivity (Wildman–Crippen MR) is 145 cm³/mol. The minimum Gasteiger partial charge on any atom is -0.454 e. The van der Waals surface area contributed by atoms with Gasteiger partial charge < -0.3 is 9.40 Å². The molecule has 0 amide bonds. The van der Waals surface area contributed by atoms with Crippen molar-refractivity contribution in [1.82, 2.24) is 19.7 Å². The quantitative estimate of drug-likeness (QED) is 0.301. The van der Waals surface area contributed by atoms with Crippen LogP contribution in [0.1, 0.15) is 34.7 Å². The zero-order chi connectivity index (χ0) is 24.1. The molecule has 7 heteroatoms. The molecule has 0 spiro atoms. The Hall–Kier alpha value is -4.23. The van der Waals surface area contributed by atoms with Crippen LogP contribution in [0.25, 0.3) is 50.5 Å². The Kier molecular flexibility index (Phi) is 4.96. The molecule has 2 aromatic carbocycles. The van der Waals surface area contributed by atoms with E-state index in [0.717, 1.165) is 57.4 Å². The van der Waals surface area contributed by atoms with Crippen LogP contribution in [0.5, 0.6) is 0 Å². The third-order valence-corrected chi connectivity index (χ3v) is 7.87. The zero-order valence-corrected chi connectivity index (χ0v) is 20.2. The second kappa shape index (κ2) is 8.46. The summed E-state index contributed by atoms with van der Waals surface area (Å²) in [6, 6.07) is 19.9. The normalized spacial score (nSPS) is 13.7. The molecule has 176 valence electrons. The largest absolute Gasteiger partial charge is 0.454 e. The van der Waals surface area contributed by atoms with E-state index in [2.05, 4.69) is 4.98 Å². The predicted octanol–water partition coefficient (Wildman–Crippen LogP) is 6.63. The third kappa shape index (κ3) is 3.60. The summed E-state index contributed by atoms with van der Waals surface area (Å²) in [5.74, 6) is 1.22. The van der Waals surface area contributed by atoms with Gasteiger partial charge in [-0.3, -0.25) is 4.79 Å². The van der Waals surface area contributed by atoms with E-state index in [1.807, 2.05) is 83.7 Å². The average molecular weight is 491 g/mol. The first-order valence-corrected chi connectivity index (χ1v) is 12.9. The summed E-state index contributed by atoms with van der Waals surface area (Å²) in [6.07, 6.45) is 10.1. The highest BCUT2D eigenvalue weighted by Gasteiger charge is 2.20. The molecule has 1 aliphatic rings. The monoisotopic (exact) mass is 490 g/mol. The van der Waals surface area contributed by atoms with Crippen molar-refractivity contribution in [2.75, 3.05) is 0 Å². The number of benzene rings is 2. The van der Waals surface area contributed by atoms with Crippen molar-refractivity contribution in [3.05, 3.63) is 99.0 Å². The minimum atomic E-state index is -0.0588. The molecule has 1 aliphatic carbocycles. The lowest BCUT2D eigenvalue weighted by atomic mass is 9.97. The second-order valence-corrected chi connectivity index (χ2v) is 10.1. The fraction of sp³-hybridized carbons (Fsp3) is 0.138. The molecule has 4 aromatic heterocycles. The van der Waals surface area contributed by atoms with Crippen LogP contribution < -0.4 is 5.56 Å². The molecule has 0 atom stereocenters. The number of aryl methyl sites for hydroxylation is 2. The molecule has 36 heavy (non-hydrogen) atoms. The fourth-order valence-electron chi connectivity index (χ4n) is 4.94. The van der Waals surface area contributed by atoms with Gasteiger partial charge in [0.1, 0.15) is 21.9 Å². The summed E-state index contributed by atoms with van der Waals surface area (Å²) in [6.45, 7) is 0. The van der Waals surface area contributed by atoms with Crippen LogP contribution in [0.15, 0.2) is 76.1 Å². The van der Waals surface area contributed by atoms with Crippen LogP contribution in [0.4, 0.5) is 0 Å². The summed E-state index contributed by atoms with van der Waals surface area (Å²) in [5, 5.41) is 6.64. The van der Waals surface area contributed by atoms with Crippen LogP contribution in [-0.2, 0) is 12.8 Å². The smallest absolute Gasteiger partial charge is 0.260 e. The van der Waals surface area contributed by atoms with Gasteiger partial charge in [0.05, 0.1) is 11.1 Å². The third-order valence-electron chi connectivity index (χ3n) is 6.69. The van der Waals surface area contributed by atoms with Crippen molar-refractivity contribution in [3.8, 4) is 17.1 Å². The Morgan fingerprint density at radius 1 is 1.00 bits per heavy atom. The van der Waals surface area contributed by atoms with Crippen LogP contribution in [0.3, 0.4) is 0 Å². The maximum Gasteiger partial charge on any atom is 0.260 e. The standard InChI is InChI=1S/C29H22N4O2S/c34-28-26-21-11-5-7-13-24(21)36-29(26)31-25(30-28)15-14-19-17-33(20-9-2-1-3-10-20)32-27(19)23-16-18-8-4-6-12-22(18)35-23/h1-4,6,8-10,12,14-17H,5,7,11,13H2,(H,30,31,34). The molecule has 0 aliphatic heterocycles. The highest BCUT2D eigenvalue weighted by atomic mass is 32.1. The van der Waals surface area contributed by atoms with Gasteiger partial charge in [-0.25, -0.2) is 9.67 Å². The number of hydrogen-bond donors (Lipinski definition) is 1. The van der Waals surface area contributed by atoms with E-state index >= 15 is 0 Å². The number of aromatic nitrogens is 4. The van der Waals surface area contributed by atoms with Gasteiger partial charge >= 0.3 is 0 Å². The average Bonchev–Trinajstić information content (AvgIpc) is 3.62. The number of para-hydroxylation sites is 2. The lowest BCUT2D eigenvalue weighted by Gasteiger charge is -2.09.